The quantitative estimate of drug-likeness (QED) is 0.101. The number of thiol groups is 3. The Kier molecular flexibility index (Phi) is 14.7. The van der Waals surface area contributed by atoms with E-state index in [0.29, 0.717) is 0 Å². The minimum absolute atomic E-state index is 0.0476. The molecule has 0 rings (SSSR count). The molecular weight excluding hydrogens is 508 g/mol. The Bertz CT molecular complexity index is 770. The number of hydrogen-bond acceptors (Lipinski definition) is 10. The molecule has 0 spiro atoms. The highest BCUT2D eigenvalue weighted by Gasteiger charge is 2.29. The summed E-state index contributed by atoms with van der Waals surface area (Å²) < 4.78 is 0. The predicted molar refractivity (Wildman–Crippen MR) is 134 cm³/mol. The molecule has 5 amide bonds. The smallest absolute Gasteiger partial charge is 0.325 e. The molecule has 194 valence electrons. The van der Waals surface area contributed by atoms with Crippen LogP contribution in [0.4, 0.5) is 0 Å². The van der Waals surface area contributed by atoms with Crippen LogP contribution in [0.25, 0.3) is 0 Å². The molecule has 0 saturated carbocycles. The van der Waals surface area contributed by atoms with Gasteiger partial charge in [-0.25, -0.2) is 0 Å². The number of hydrogen-bond donors (Lipinski definition) is 10. The molecule has 0 aromatic rings. The third-order valence-electron chi connectivity index (χ3n) is 4.34. The van der Waals surface area contributed by atoms with E-state index >= 15 is 0 Å². The second-order valence-electron chi connectivity index (χ2n) is 7.32. The molecule has 34 heavy (non-hydrogen) atoms. The summed E-state index contributed by atoms with van der Waals surface area (Å²) in [6, 6.07) is -6.52. The molecule has 16 heteroatoms. The number of aliphatic carboxylic acids is 1. The van der Waals surface area contributed by atoms with Gasteiger partial charge in [-0.2, -0.15) is 37.9 Å². The highest BCUT2D eigenvalue weighted by atomic mass is 32.1. The van der Waals surface area contributed by atoms with E-state index in [1.807, 2.05) is 0 Å². The summed E-state index contributed by atoms with van der Waals surface area (Å²) in [5.74, 6) is -5.11. The molecule has 0 bridgehead atoms. The number of carbonyl (C=O) groups excluding carboxylic acids is 5. The van der Waals surface area contributed by atoms with Crippen LogP contribution in [0.15, 0.2) is 0 Å². The summed E-state index contributed by atoms with van der Waals surface area (Å²) in [6.45, 7) is 4.06. The number of amides is 5. The van der Waals surface area contributed by atoms with Gasteiger partial charge in [-0.1, -0.05) is 0 Å². The van der Waals surface area contributed by atoms with Crippen molar-refractivity contribution in [2.75, 3.05) is 17.3 Å². The van der Waals surface area contributed by atoms with Gasteiger partial charge in [0.05, 0.1) is 6.04 Å². The number of carbonyl (C=O) groups is 6. The van der Waals surface area contributed by atoms with Gasteiger partial charge in [0.2, 0.25) is 29.5 Å². The lowest BCUT2D eigenvalue weighted by atomic mass is 10.2. The van der Waals surface area contributed by atoms with Gasteiger partial charge < -0.3 is 37.4 Å². The number of carboxylic acids is 1. The van der Waals surface area contributed by atoms with Crippen molar-refractivity contribution in [3.05, 3.63) is 0 Å². The molecule has 0 fully saturated rings. The van der Waals surface area contributed by atoms with Crippen molar-refractivity contribution >= 4 is 73.4 Å². The molecule has 0 saturated heterocycles. The summed E-state index contributed by atoms with van der Waals surface area (Å²) in [5.41, 5.74) is 5.45. The Morgan fingerprint density at radius 3 is 1.29 bits per heavy atom. The van der Waals surface area contributed by atoms with Crippen molar-refractivity contribution in [3.63, 3.8) is 0 Å². The average Bonchev–Trinajstić information content (AvgIpc) is 2.77. The molecule has 0 aromatic carbocycles. The first-order valence-electron chi connectivity index (χ1n) is 10.1. The third-order valence-corrected chi connectivity index (χ3v) is 5.44. The van der Waals surface area contributed by atoms with E-state index in [1.165, 1.54) is 20.8 Å². The standard InChI is InChI=1S/C18H32N6O7S3/c1-7(19)13(25)22-10(4-32)15(27)20-8(2)14(26)23-12(6-34)17(29)24-11(5-33)16(28)21-9(3)18(30)31/h7-12,32-34H,4-6,19H2,1-3H3,(H,20,27)(H,21,28)(H,22,25)(H,23,26)(H,24,29)(H,30,31)/t7-,8-,9-,10-,11-,12-/m0/s1. The van der Waals surface area contributed by atoms with Gasteiger partial charge in [-0.15, -0.1) is 0 Å². The maximum absolute atomic E-state index is 12.5. The maximum atomic E-state index is 12.5. The molecule has 0 aliphatic rings. The van der Waals surface area contributed by atoms with Crippen LogP contribution in [0.5, 0.6) is 0 Å². The van der Waals surface area contributed by atoms with E-state index in [-0.39, 0.29) is 17.3 Å². The van der Waals surface area contributed by atoms with E-state index < -0.39 is 71.8 Å². The van der Waals surface area contributed by atoms with Crippen molar-refractivity contribution in [1.29, 1.82) is 0 Å². The van der Waals surface area contributed by atoms with E-state index in [2.05, 4.69) is 64.5 Å². The van der Waals surface area contributed by atoms with Crippen LogP contribution in [-0.2, 0) is 28.8 Å². The monoisotopic (exact) mass is 540 g/mol. The normalized spacial score (nSPS) is 16.0. The predicted octanol–water partition coefficient (Wildman–Crippen LogP) is -3.33. The van der Waals surface area contributed by atoms with E-state index in [9.17, 15) is 28.8 Å². The molecule has 0 aliphatic carbocycles. The zero-order chi connectivity index (χ0) is 26.6. The summed E-state index contributed by atoms with van der Waals surface area (Å²) >= 11 is 12.0. The van der Waals surface area contributed by atoms with Crippen molar-refractivity contribution in [2.45, 2.75) is 57.0 Å². The summed E-state index contributed by atoms with van der Waals surface area (Å²) in [6.07, 6.45) is 0. The van der Waals surface area contributed by atoms with E-state index in [1.54, 1.807) is 0 Å². The fourth-order valence-corrected chi connectivity index (χ4v) is 2.98. The first kappa shape index (κ1) is 31.8. The zero-order valence-corrected chi connectivity index (χ0v) is 21.6. The highest BCUT2D eigenvalue weighted by molar-refractivity contribution is 7.80. The molecule has 0 aromatic heterocycles. The molecule has 13 nitrogen and oxygen atoms in total. The summed E-state index contributed by atoms with van der Waals surface area (Å²) in [7, 11) is 0. The number of carboxylic acid groups (broad SMARTS) is 1. The van der Waals surface area contributed by atoms with Gasteiger partial charge in [0.15, 0.2) is 0 Å². The van der Waals surface area contributed by atoms with Gasteiger partial charge in [0.25, 0.3) is 0 Å². The van der Waals surface area contributed by atoms with Crippen molar-refractivity contribution in [2.24, 2.45) is 5.73 Å². The second kappa shape index (κ2) is 15.7. The first-order valence-corrected chi connectivity index (χ1v) is 12.0. The number of nitrogens with one attached hydrogen (secondary N) is 5. The van der Waals surface area contributed by atoms with Crippen LogP contribution in [0, 0.1) is 0 Å². The lowest BCUT2D eigenvalue weighted by molar-refractivity contribution is -0.141. The fourth-order valence-electron chi connectivity index (χ4n) is 2.21. The van der Waals surface area contributed by atoms with Crippen LogP contribution in [0.1, 0.15) is 20.8 Å². The fraction of sp³-hybridized carbons (Fsp3) is 0.667. The van der Waals surface area contributed by atoms with Crippen LogP contribution < -0.4 is 32.3 Å². The van der Waals surface area contributed by atoms with Crippen LogP contribution in [-0.4, -0.2) is 94.1 Å². The summed E-state index contributed by atoms with van der Waals surface area (Å²) in [4.78, 5) is 72.1. The second-order valence-corrected chi connectivity index (χ2v) is 8.41. The van der Waals surface area contributed by atoms with Gasteiger partial charge in [0.1, 0.15) is 30.2 Å². The minimum Gasteiger partial charge on any atom is -0.480 e. The molecular formula is C18H32N6O7S3. The largest absolute Gasteiger partial charge is 0.480 e. The Morgan fingerprint density at radius 2 is 0.941 bits per heavy atom. The highest BCUT2D eigenvalue weighted by Crippen LogP contribution is 1.98. The average molecular weight is 541 g/mol. The van der Waals surface area contributed by atoms with Crippen LogP contribution >= 0.6 is 37.9 Å². The Morgan fingerprint density at radius 1 is 0.618 bits per heavy atom. The Balaban J connectivity index is 5.02. The van der Waals surface area contributed by atoms with Gasteiger partial charge in [0, 0.05) is 17.3 Å². The maximum Gasteiger partial charge on any atom is 0.325 e. The summed E-state index contributed by atoms with van der Waals surface area (Å²) in [5, 5.41) is 20.7. The molecule has 0 radical (unpaired) electrons. The van der Waals surface area contributed by atoms with Gasteiger partial charge in [-0.05, 0) is 20.8 Å². The molecule has 0 aliphatic heterocycles. The van der Waals surface area contributed by atoms with Crippen LogP contribution in [0.3, 0.4) is 0 Å². The Labute approximate surface area is 213 Å². The molecule has 8 N–H and O–H groups in total. The molecule has 6 atom stereocenters. The first-order chi connectivity index (χ1) is 15.8. The van der Waals surface area contributed by atoms with Crippen molar-refractivity contribution in [1.82, 2.24) is 26.6 Å². The number of nitrogens with two attached hydrogens (primary N) is 1. The topological polar surface area (TPSA) is 209 Å². The number of rotatable bonds is 14. The molecule has 0 heterocycles. The minimum atomic E-state index is -1.26. The van der Waals surface area contributed by atoms with Crippen LogP contribution in [0.2, 0.25) is 0 Å². The molecule has 0 unspecified atom stereocenters. The lowest BCUT2D eigenvalue weighted by Crippen LogP contribution is -2.59. The lowest BCUT2D eigenvalue weighted by Gasteiger charge is -2.24. The van der Waals surface area contributed by atoms with Crippen molar-refractivity contribution in [3.8, 4) is 0 Å². The van der Waals surface area contributed by atoms with Crippen molar-refractivity contribution < 1.29 is 33.9 Å². The van der Waals surface area contributed by atoms with E-state index in [4.69, 9.17) is 10.8 Å². The van der Waals surface area contributed by atoms with Gasteiger partial charge in [-0.3, -0.25) is 28.8 Å². The van der Waals surface area contributed by atoms with Gasteiger partial charge >= 0.3 is 5.97 Å². The third kappa shape index (κ3) is 10.8. The SMILES string of the molecule is C[C@H](N)C(=O)N[C@@H](CS)C(=O)N[C@@H](C)C(=O)N[C@@H](CS)C(=O)N[C@@H](CS)C(=O)N[C@@H](C)C(=O)O. The zero-order valence-electron chi connectivity index (χ0n) is 18.9. The van der Waals surface area contributed by atoms with E-state index in [0.717, 1.165) is 0 Å². The Hall–Kier alpha value is -2.17.